The van der Waals surface area contributed by atoms with Crippen molar-refractivity contribution >= 4 is 17.3 Å². The largest absolute Gasteiger partial charge is 0.458 e. The summed E-state index contributed by atoms with van der Waals surface area (Å²) >= 11 is 0. The Morgan fingerprint density at radius 1 is 0.875 bits per heavy atom. The van der Waals surface area contributed by atoms with Crippen LogP contribution in [0.25, 0.3) is 22.5 Å². The van der Waals surface area contributed by atoms with Gasteiger partial charge in [0.2, 0.25) is 0 Å². The number of esters is 1. The maximum absolute atomic E-state index is 12.0. The highest BCUT2D eigenvalue weighted by Gasteiger charge is 2.32. The molecule has 5 aromatic rings. The molecular weight excluding hydrogens is 496 g/mol. The first-order chi connectivity index (χ1) is 19.5. The van der Waals surface area contributed by atoms with Crippen LogP contribution in [-0.4, -0.2) is 11.1 Å². The van der Waals surface area contributed by atoms with E-state index in [0.29, 0.717) is 5.76 Å². The SMILES string of the molecule is Cc1noc(-c2ccc(-c3ccc(C(C)OC(=O)C4CC4)cc3)cc2)c1Nc1cccc(Cc2ccccc2)c1. The molecule has 1 heterocycles. The third-order valence-electron chi connectivity index (χ3n) is 7.37. The van der Waals surface area contributed by atoms with Crippen LogP contribution in [0.5, 0.6) is 0 Å². The van der Waals surface area contributed by atoms with Crippen LogP contribution >= 0.6 is 0 Å². The number of carbonyl (C=O) groups excluding carboxylic acids is 1. The van der Waals surface area contributed by atoms with Crippen LogP contribution in [0.2, 0.25) is 0 Å². The zero-order chi connectivity index (χ0) is 27.5. The first-order valence-corrected chi connectivity index (χ1v) is 13.8. The molecule has 1 aromatic heterocycles. The van der Waals surface area contributed by atoms with Crippen molar-refractivity contribution in [3.05, 3.63) is 126 Å². The smallest absolute Gasteiger partial charge is 0.309 e. The Bertz CT molecular complexity index is 1600. The average Bonchev–Trinajstić information content (AvgIpc) is 3.78. The van der Waals surface area contributed by atoms with E-state index in [0.717, 1.165) is 58.6 Å². The van der Waals surface area contributed by atoms with E-state index in [2.05, 4.69) is 95.4 Å². The van der Waals surface area contributed by atoms with Crippen molar-refractivity contribution in [3.63, 3.8) is 0 Å². The van der Waals surface area contributed by atoms with Crippen LogP contribution < -0.4 is 5.32 Å². The molecule has 1 atom stereocenters. The summed E-state index contributed by atoms with van der Waals surface area (Å²) in [6.45, 7) is 3.87. The van der Waals surface area contributed by atoms with Gasteiger partial charge in [-0.05, 0) is 73.1 Å². The summed E-state index contributed by atoms with van der Waals surface area (Å²) in [5, 5.41) is 7.79. The molecule has 4 aromatic carbocycles. The number of nitrogens with one attached hydrogen (secondary N) is 1. The number of hydrogen-bond acceptors (Lipinski definition) is 5. The van der Waals surface area contributed by atoms with E-state index in [4.69, 9.17) is 9.26 Å². The molecule has 0 bridgehead atoms. The van der Waals surface area contributed by atoms with Gasteiger partial charge in [0.1, 0.15) is 17.5 Å². The first kappa shape index (κ1) is 25.6. The second-order valence-corrected chi connectivity index (χ2v) is 10.5. The monoisotopic (exact) mass is 528 g/mol. The van der Waals surface area contributed by atoms with Crippen molar-refractivity contribution < 1.29 is 14.1 Å². The standard InChI is InChI=1S/C35H32N2O3/c1-23-33(36-32-10-6-9-26(22-32)21-25-7-4-3-5-8-25)34(40-37-23)30-17-15-29(16-18-30)28-13-11-27(12-14-28)24(2)39-35(38)31-19-20-31/h3-18,22,24,31,36H,19-21H2,1-2H3. The lowest BCUT2D eigenvalue weighted by Crippen LogP contribution is -2.10. The van der Waals surface area contributed by atoms with Gasteiger partial charge >= 0.3 is 5.97 Å². The van der Waals surface area contributed by atoms with E-state index in [1.165, 1.54) is 11.1 Å². The fourth-order valence-electron chi connectivity index (χ4n) is 4.87. The van der Waals surface area contributed by atoms with Gasteiger partial charge in [-0.25, -0.2) is 0 Å². The Morgan fingerprint density at radius 2 is 1.52 bits per heavy atom. The number of carbonyl (C=O) groups is 1. The minimum Gasteiger partial charge on any atom is -0.458 e. The topological polar surface area (TPSA) is 64.4 Å². The maximum atomic E-state index is 12.0. The number of aromatic nitrogens is 1. The predicted molar refractivity (Wildman–Crippen MR) is 158 cm³/mol. The van der Waals surface area contributed by atoms with Crippen LogP contribution in [0.15, 0.2) is 108 Å². The van der Waals surface area contributed by atoms with E-state index in [9.17, 15) is 4.79 Å². The van der Waals surface area contributed by atoms with Crippen molar-refractivity contribution in [2.24, 2.45) is 5.92 Å². The minimum absolute atomic E-state index is 0.0800. The van der Waals surface area contributed by atoms with E-state index in [-0.39, 0.29) is 18.0 Å². The molecule has 6 rings (SSSR count). The molecule has 40 heavy (non-hydrogen) atoms. The quantitative estimate of drug-likeness (QED) is 0.194. The van der Waals surface area contributed by atoms with Crippen molar-refractivity contribution in [3.8, 4) is 22.5 Å². The zero-order valence-corrected chi connectivity index (χ0v) is 22.8. The highest BCUT2D eigenvalue weighted by Crippen LogP contribution is 2.35. The number of aryl methyl sites for hydroxylation is 1. The predicted octanol–water partition coefficient (Wildman–Crippen LogP) is 8.67. The zero-order valence-electron chi connectivity index (χ0n) is 22.8. The highest BCUT2D eigenvalue weighted by atomic mass is 16.5. The number of rotatable bonds is 9. The number of anilines is 2. The molecular formula is C35H32N2O3. The lowest BCUT2D eigenvalue weighted by Gasteiger charge is -2.14. The fraction of sp³-hybridized carbons (Fsp3) is 0.200. The summed E-state index contributed by atoms with van der Waals surface area (Å²) in [7, 11) is 0. The third-order valence-corrected chi connectivity index (χ3v) is 7.37. The Kier molecular flexibility index (Phi) is 7.19. The van der Waals surface area contributed by atoms with Crippen molar-refractivity contribution in [2.75, 3.05) is 5.32 Å². The molecule has 1 N–H and O–H groups in total. The number of nitrogens with zero attached hydrogens (tertiary/aromatic N) is 1. The normalized spacial score (nSPS) is 13.6. The molecule has 5 nitrogen and oxygen atoms in total. The molecule has 0 aliphatic heterocycles. The second-order valence-electron chi connectivity index (χ2n) is 10.5. The molecule has 0 spiro atoms. The Balaban J connectivity index is 1.16. The average molecular weight is 529 g/mol. The van der Waals surface area contributed by atoms with Gasteiger partial charge in [0.25, 0.3) is 0 Å². The van der Waals surface area contributed by atoms with Crippen LogP contribution in [0.4, 0.5) is 11.4 Å². The van der Waals surface area contributed by atoms with Gasteiger partial charge in [-0.3, -0.25) is 4.79 Å². The van der Waals surface area contributed by atoms with Crippen molar-refractivity contribution in [2.45, 2.75) is 39.2 Å². The highest BCUT2D eigenvalue weighted by molar-refractivity contribution is 5.80. The molecule has 0 radical (unpaired) electrons. The van der Waals surface area contributed by atoms with Gasteiger partial charge < -0.3 is 14.6 Å². The fourth-order valence-corrected chi connectivity index (χ4v) is 4.87. The lowest BCUT2D eigenvalue weighted by molar-refractivity contribution is -0.150. The molecule has 1 aliphatic carbocycles. The summed E-state index contributed by atoms with van der Waals surface area (Å²) in [6.07, 6.45) is 2.53. The molecule has 1 fully saturated rings. The first-order valence-electron chi connectivity index (χ1n) is 13.8. The van der Waals surface area contributed by atoms with Gasteiger partial charge in [-0.1, -0.05) is 96.2 Å². The lowest BCUT2D eigenvalue weighted by atomic mass is 10.00. The summed E-state index contributed by atoms with van der Waals surface area (Å²) in [4.78, 5) is 12.0. The van der Waals surface area contributed by atoms with Gasteiger partial charge in [0.05, 0.1) is 5.92 Å². The second kappa shape index (κ2) is 11.2. The van der Waals surface area contributed by atoms with E-state index < -0.39 is 0 Å². The Hall–Kier alpha value is -4.64. The van der Waals surface area contributed by atoms with Gasteiger partial charge in [-0.2, -0.15) is 0 Å². The van der Waals surface area contributed by atoms with Crippen molar-refractivity contribution in [1.82, 2.24) is 5.16 Å². The minimum atomic E-state index is -0.246. The summed E-state index contributed by atoms with van der Waals surface area (Å²) in [6, 6.07) is 35.4. The summed E-state index contributed by atoms with van der Waals surface area (Å²) < 4.78 is 11.4. The van der Waals surface area contributed by atoms with Crippen LogP contribution in [0.3, 0.4) is 0 Å². The number of ether oxygens (including phenoxy) is 1. The number of benzene rings is 4. The Morgan fingerprint density at radius 3 is 2.23 bits per heavy atom. The van der Waals surface area contributed by atoms with Crippen LogP contribution in [0.1, 0.15) is 48.3 Å². The van der Waals surface area contributed by atoms with Gasteiger partial charge in [0.15, 0.2) is 5.76 Å². The third kappa shape index (κ3) is 5.84. The molecule has 1 aliphatic rings. The van der Waals surface area contributed by atoms with E-state index in [1.54, 1.807) is 0 Å². The van der Waals surface area contributed by atoms with Crippen LogP contribution in [-0.2, 0) is 16.0 Å². The summed E-state index contributed by atoms with van der Waals surface area (Å²) in [5.74, 6) is 0.733. The molecule has 1 saturated carbocycles. The molecule has 200 valence electrons. The molecule has 0 amide bonds. The Labute approximate surface area is 234 Å². The summed E-state index contributed by atoms with van der Waals surface area (Å²) in [5.41, 5.74) is 9.31. The van der Waals surface area contributed by atoms with Gasteiger partial charge in [0, 0.05) is 11.3 Å². The molecule has 0 saturated heterocycles. The van der Waals surface area contributed by atoms with Crippen molar-refractivity contribution in [1.29, 1.82) is 0 Å². The van der Waals surface area contributed by atoms with Crippen LogP contribution in [0, 0.1) is 12.8 Å². The molecule has 1 unspecified atom stereocenters. The van der Waals surface area contributed by atoms with Gasteiger partial charge in [-0.15, -0.1) is 0 Å². The van der Waals surface area contributed by atoms with E-state index in [1.807, 2.05) is 32.0 Å². The molecule has 5 heteroatoms. The maximum Gasteiger partial charge on any atom is 0.309 e. The number of hydrogen-bond donors (Lipinski definition) is 1. The van der Waals surface area contributed by atoms with E-state index >= 15 is 0 Å².